The first-order chi connectivity index (χ1) is 14.3. The van der Waals surface area contributed by atoms with E-state index < -0.39 is 11.2 Å². The van der Waals surface area contributed by atoms with Gasteiger partial charge in [0.2, 0.25) is 0 Å². The van der Waals surface area contributed by atoms with Crippen LogP contribution in [0.5, 0.6) is 0 Å². The third-order valence-corrected chi connectivity index (χ3v) is 6.34. The Morgan fingerprint density at radius 2 is 1.47 bits per heavy atom. The van der Waals surface area contributed by atoms with Gasteiger partial charge in [0.05, 0.1) is 11.2 Å². The van der Waals surface area contributed by atoms with E-state index in [2.05, 4.69) is 48.5 Å². The van der Waals surface area contributed by atoms with Crippen LogP contribution in [0.25, 0.3) is 43.5 Å². The van der Waals surface area contributed by atoms with Crippen molar-refractivity contribution < 1.29 is 14.2 Å². The summed E-state index contributed by atoms with van der Waals surface area (Å²) in [5.41, 5.74) is 0.909. The summed E-state index contributed by atoms with van der Waals surface area (Å²) in [7, 11) is 1.76. The number of fused-ring (bicyclic) bond motifs is 7. The lowest BCUT2D eigenvalue weighted by Gasteiger charge is -2.37. The fourth-order valence-corrected chi connectivity index (χ4v) is 3.86. The van der Waals surface area contributed by atoms with Gasteiger partial charge in [0.25, 0.3) is 0 Å². The number of benzene rings is 4. The summed E-state index contributed by atoms with van der Waals surface area (Å²) < 4.78 is 12.5. The summed E-state index contributed by atoms with van der Waals surface area (Å²) in [5, 5.41) is 17.1. The van der Waals surface area contributed by atoms with Gasteiger partial charge in [-0.25, -0.2) is 0 Å². The minimum absolute atomic E-state index is 0.753. The molecule has 1 heterocycles. The highest BCUT2D eigenvalue weighted by atomic mass is 16.5. The summed E-state index contributed by atoms with van der Waals surface area (Å²) in [5.74, 6) is 0. The maximum absolute atomic E-state index is 10.5. The van der Waals surface area contributed by atoms with Crippen LogP contribution in [-0.2, 0) is 4.65 Å². The molecular formula is C26H24BO3. The lowest BCUT2D eigenvalue weighted by Crippen LogP contribution is -2.49. The highest BCUT2D eigenvalue weighted by Crippen LogP contribution is 2.36. The van der Waals surface area contributed by atoms with E-state index in [1.165, 1.54) is 10.8 Å². The normalized spacial score (nSPS) is 13.0. The summed E-state index contributed by atoms with van der Waals surface area (Å²) in [4.78, 5) is 0. The van der Waals surface area contributed by atoms with Gasteiger partial charge in [0.15, 0.2) is 0 Å². The molecule has 0 fully saturated rings. The van der Waals surface area contributed by atoms with Crippen molar-refractivity contribution in [1.29, 1.82) is 0 Å². The number of hydrogen-bond acceptors (Lipinski definition) is 3. The SMILES string of the molecule is CC(C)(O)C(C)(C)O[B]c1cc2ccc3ccccc3c2c2oc3ccccc3c12. The predicted molar refractivity (Wildman–Crippen MR) is 126 cm³/mol. The molecule has 1 radical (unpaired) electrons. The minimum Gasteiger partial charge on any atom is -0.455 e. The van der Waals surface area contributed by atoms with E-state index in [0.717, 1.165) is 38.2 Å². The van der Waals surface area contributed by atoms with E-state index in [9.17, 15) is 5.11 Å². The average Bonchev–Trinajstić information content (AvgIpc) is 3.10. The zero-order chi connectivity index (χ0) is 21.1. The second-order valence-corrected chi connectivity index (χ2v) is 8.96. The van der Waals surface area contributed by atoms with E-state index in [1.54, 1.807) is 21.3 Å². The molecule has 1 N–H and O–H groups in total. The number of rotatable bonds is 4. The summed E-state index contributed by atoms with van der Waals surface area (Å²) in [6, 6.07) is 22.9. The first-order valence-electron chi connectivity index (χ1n) is 10.3. The molecular weight excluding hydrogens is 371 g/mol. The molecule has 4 heteroatoms. The maximum atomic E-state index is 10.5. The average molecular weight is 395 g/mol. The van der Waals surface area contributed by atoms with Gasteiger partial charge in [-0.05, 0) is 55.4 Å². The Morgan fingerprint density at radius 3 is 2.23 bits per heavy atom. The van der Waals surface area contributed by atoms with Crippen LogP contribution in [0.1, 0.15) is 27.7 Å². The van der Waals surface area contributed by atoms with E-state index in [0.29, 0.717) is 0 Å². The Balaban J connectivity index is 1.81. The second-order valence-electron chi connectivity index (χ2n) is 8.96. The molecule has 0 atom stereocenters. The topological polar surface area (TPSA) is 42.6 Å². The molecule has 4 aromatic carbocycles. The monoisotopic (exact) mass is 395 g/mol. The molecule has 30 heavy (non-hydrogen) atoms. The standard InChI is InChI=1S/C26H24BO3/c1-25(2,28)26(3,4)30-27-20-15-17-14-13-16-9-5-6-10-18(16)22(17)24-23(20)19-11-7-8-12-21(19)29-24/h5-15,28H,1-4H3. The molecule has 3 nitrogen and oxygen atoms in total. The number of aliphatic hydroxyl groups is 1. The van der Waals surface area contributed by atoms with Gasteiger partial charge in [-0.3, -0.25) is 0 Å². The number of hydrogen-bond donors (Lipinski definition) is 1. The Bertz CT molecular complexity index is 1410. The molecule has 0 bridgehead atoms. The second kappa shape index (κ2) is 6.59. The van der Waals surface area contributed by atoms with Crippen molar-refractivity contribution in [3.63, 3.8) is 0 Å². The van der Waals surface area contributed by atoms with E-state index in [-0.39, 0.29) is 0 Å². The van der Waals surface area contributed by atoms with Crippen molar-refractivity contribution in [2.24, 2.45) is 0 Å². The lowest BCUT2D eigenvalue weighted by molar-refractivity contribution is -0.0893. The van der Waals surface area contributed by atoms with Crippen molar-refractivity contribution in [2.45, 2.75) is 38.9 Å². The van der Waals surface area contributed by atoms with Gasteiger partial charge in [-0.2, -0.15) is 0 Å². The molecule has 149 valence electrons. The molecule has 0 aliphatic heterocycles. The van der Waals surface area contributed by atoms with Crippen molar-refractivity contribution in [1.82, 2.24) is 0 Å². The molecule has 5 aromatic rings. The first kappa shape index (κ1) is 19.2. The van der Waals surface area contributed by atoms with E-state index >= 15 is 0 Å². The largest absolute Gasteiger partial charge is 0.455 e. The van der Waals surface area contributed by atoms with Crippen molar-refractivity contribution in [3.05, 3.63) is 66.7 Å². The smallest absolute Gasteiger partial charge is 0.331 e. The van der Waals surface area contributed by atoms with E-state index in [4.69, 9.17) is 9.07 Å². The Kier molecular flexibility index (Phi) is 4.21. The molecule has 1 aromatic heterocycles. The van der Waals surface area contributed by atoms with E-state index in [1.807, 2.05) is 32.0 Å². The van der Waals surface area contributed by atoms with Gasteiger partial charge in [-0.1, -0.05) is 60.7 Å². The van der Waals surface area contributed by atoms with Crippen LogP contribution in [0, 0.1) is 0 Å². The molecule has 0 saturated heterocycles. The van der Waals surface area contributed by atoms with Crippen LogP contribution >= 0.6 is 0 Å². The fraction of sp³-hybridized carbons (Fsp3) is 0.231. The summed E-state index contributed by atoms with van der Waals surface area (Å²) >= 11 is 0. The third kappa shape index (κ3) is 2.91. The summed E-state index contributed by atoms with van der Waals surface area (Å²) in [6.45, 7) is 7.30. The zero-order valence-electron chi connectivity index (χ0n) is 17.7. The first-order valence-corrected chi connectivity index (χ1v) is 10.3. The Hall–Kier alpha value is -2.82. The van der Waals surface area contributed by atoms with Gasteiger partial charge in [0.1, 0.15) is 11.2 Å². The molecule has 0 aliphatic rings. The van der Waals surface area contributed by atoms with Crippen LogP contribution < -0.4 is 5.46 Å². The summed E-state index contributed by atoms with van der Waals surface area (Å²) in [6.07, 6.45) is 0. The highest BCUT2D eigenvalue weighted by Gasteiger charge is 2.36. The van der Waals surface area contributed by atoms with Gasteiger partial charge in [0, 0.05) is 16.2 Å². The minimum atomic E-state index is -0.992. The number of para-hydroxylation sites is 1. The third-order valence-electron chi connectivity index (χ3n) is 6.34. The highest BCUT2D eigenvalue weighted by molar-refractivity contribution is 6.54. The molecule has 0 unspecified atom stereocenters. The van der Waals surface area contributed by atoms with Gasteiger partial charge < -0.3 is 14.2 Å². The predicted octanol–water partition coefficient (Wildman–Crippen LogP) is 5.70. The molecule has 0 saturated carbocycles. The zero-order valence-corrected chi connectivity index (χ0v) is 17.7. The van der Waals surface area contributed by atoms with Crippen LogP contribution in [0.15, 0.2) is 71.1 Å². The van der Waals surface area contributed by atoms with Gasteiger partial charge in [-0.15, -0.1) is 0 Å². The fourth-order valence-electron chi connectivity index (χ4n) is 3.86. The van der Waals surface area contributed by atoms with Gasteiger partial charge >= 0.3 is 7.48 Å². The van der Waals surface area contributed by atoms with Crippen molar-refractivity contribution >= 4 is 56.4 Å². The maximum Gasteiger partial charge on any atom is 0.331 e. The molecule has 0 spiro atoms. The van der Waals surface area contributed by atoms with Crippen LogP contribution in [0.3, 0.4) is 0 Å². The van der Waals surface area contributed by atoms with Crippen LogP contribution in [0.4, 0.5) is 0 Å². The molecule has 0 aliphatic carbocycles. The van der Waals surface area contributed by atoms with Crippen LogP contribution in [-0.4, -0.2) is 23.8 Å². The molecule has 0 amide bonds. The Labute approximate surface area is 176 Å². The quantitative estimate of drug-likeness (QED) is 0.313. The van der Waals surface area contributed by atoms with Crippen molar-refractivity contribution in [2.75, 3.05) is 0 Å². The van der Waals surface area contributed by atoms with Crippen LogP contribution in [0.2, 0.25) is 0 Å². The number of furan rings is 1. The lowest BCUT2D eigenvalue weighted by atomic mass is 9.79. The Morgan fingerprint density at radius 1 is 0.800 bits per heavy atom. The molecule has 5 rings (SSSR count). The van der Waals surface area contributed by atoms with Crippen molar-refractivity contribution in [3.8, 4) is 0 Å².